The van der Waals surface area contributed by atoms with Gasteiger partial charge in [-0.3, -0.25) is 4.79 Å². The lowest BCUT2D eigenvalue weighted by molar-refractivity contribution is -0.143. The van der Waals surface area contributed by atoms with Gasteiger partial charge in [-0.25, -0.2) is 13.6 Å². The smallest absolute Gasteiger partial charge is 0.339 e. The van der Waals surface area contributed by atoms with E-state index in [2.05, 4.69) is 0 Å². The number of amides is 1. The molecular weight excluding hydrogens is 344 g/mol. The van der Waals surface area contributed by atoms with E-state index in [-0.39, 0.29) is 31.8 Å². The molecule has 1 aliphatic rings. The molecule has 1 aromatic carbocycles. The second-order valence-corrected chi connectivity index (χ2v) is 6.74. The third-order valence-corrected chi connectivity index (χ3v) is 4.90. The maximum atomic E-state index is 13.2. The van der Waals surface area contributed by atoms with E-state index < -0.39 is 17.7 Å². The average molecular weight is 365 g/mol. The lowest BCUT2D eigenvalue weighted by atomic mass is 10.1. The van der Waals surface area contributed by atoms with Crippen molar-refractivity contribution in [3.63, 3.8) is 0 Å². The Kier molecular flexibility index (Phi) is 4.73. The van der Waals surface area contributed by atoms with Gasteiger partial charge in [-0.2, -0.15) is 0 Å². The number of halogens is 2. The van der Waals surface area contributed by atoms with Gasteiger partial charge in [0, 0.05) is 42.9 Å². The van der Waals surface area contributed by atoms with Crippen molar-refractivity contribution >= 4 is 16.9 Å². The van der Waals surface area contributed by atoms with Crippen LogP contribution in [0.3, 0.4) is 0 Å². The summed E-state index contributed by atoms with van der Waals surface area (Å²) in [4.78, 5) is 25.6. The molecule has 1 saturated heterocycles. The van der Waals surface area contributed by atoms with E-state index >= 15 is 0 Å². The molecule has 7 heteroatoms. The van der Waals surface area contributed by atoms with Crippen molar-refractivity contribution in [2.24, 2.45) is 0 Å². The fourth-order valence-corrected chi connectivity index (χ4v) is 3.07. The Morgan fingerprint density at radius 3 is 2.54 bits per heavy atom. The molecule has 0 N–H and O–H groups in total. The summed E-state index contributed by atoms with van der Waals surface area (Å²) in [5, 5.41) is 0.798. The summed E-state index contributed by atoms with van der Waals surface area (Å²) in [5.74, 6) is -2.65. The number of piperidine rings is 1. The topological polar surface area (TPSA) is 59.8 Å². The molecule has 1 aliphatic heterocycles. The molecule has 2 aromatic rings. The Bertz CT molecular complexity index is 896. The van der Waals surface area contributed by atoms with Gasteiger partial charge in [-0.1, -0.05) is 0 Å². The summed E-state index contributed by atoms with van der Waals surface area (Å²) >= 11 is 0. The van der Waals surface area contributed by atoms with Crippen LogP contribution in [0.15, 0.2) is 27.4 Å². The van der Waals surface area contributed by atoms with Crippen LogP contribution in [0.25, 0.3) is 11.0 Å². The molecule has 2 heterocycles. The zero-order chi connectivity index (χ0) is 19.1. The highest BCUT2D eigenvalue weighted by Crippen LogP contribution is 2.29. The molecular formula is C19H21F2NO4. The number of likely N-dealkylation sites (tertiary alicyclic amines) is 1. The van der Waals surface area contributed by atoms with Gasteiger partial charge >= 0.3 is 5.63 Å². The largest absolute Gasteiger partial charge is 0.481 e. The number of aryl methyl sites for hydroxylation is 1. The Balaban J connectivity index is 1.75. The standard InChI is InChI=1S/C19H21F2NO4/c1-11-12(2)18(24)26-16-10-14(4-5-15(11)16)25-13(3)17(23)22-8-6-19(20,21)7-9-22/h4-5,10,13H,6-9H2,1-3H3. The first kappa shape index (κ1) is 18.4. The lowest BCUT2D eigenvalue weighted by Gasteiger charge is -2.33. The molecule has 0 bridgehead atoms. The predicted molar refractivity (Wildman–Crippen MR) is 92.8 cm³/mol. The van der Waals surface area contributed by atoms with Crippen molar-refractivity contribution < 1.29 is 22.7 Å². The first-order chi connectivity index (χ1) is 12.2. The fourth-order valence-electron chi connectivity index (χ4n) is 3.07. The van der Waals surface area contributed by atoms with Crippen LogP contribution >= 0.6 is 0 Å². The zero-order valence-electron chi connectivity index (χ0n) is 15.0. The van der Waals surface area contributed by atoms with Gasteiger partial charge in [-0.05, 0) is 38.5 Å². The zero-order valence-corrected chi connectivity index (χ0v) is 15.0. The first-order valence-electron chi connectivity index (χ1n) is 8.55. The third kappa shape index (κ3) is 3.57. The maximum absolute atomic E-state index is 13.2. The maximum Gasteiger partial charge on any atom is 0.339 e. The van der Waals surface area contributed by atoms with Crippen molar-refractivity contribution in [3.05, 3.63) is 39.7 Å². The molecule has 140 valence electrons. The van der Waals surface area contributed by atoms with E-state index in [4.69, 9.17) is 9.15 Å². The van der Waals surface area contributed by atoms with Gasteiger partial charge in [0.15, 0.2) is 6.10 Å². The Morgan fingerprint density at radius 1 is 1.23 bits per heavy atom. The van der Waals surface area contributed by atoms with Gasteiger partial charge in [0.1, 0.15) is 11.3 Å². The van der Waals surface area contributed by atoms with Crippen molar-refractivity contribution in [2.45, 2.75) is 45.6 Å². The Labute approximate surface area is 149 Å². The summed E-state index contributed by atoms with van der Waals surface area (Å²) in [7, 11) is 0. The highest BCUT2D eigenvalue weighted by molar-refractivity contribution is 5.83. The molecule has 26 heavy (non-hydrogen) atoms. The molecule has 3 rings (SSSR count). The number of hydrogen-bond donors (Lipinski definition) is 0. The summed E-state index contributed by atoms with van der Waals surface area (Å²) in [5.41, 5.74) is 1.36. The van der Waals surface area contributed by atoms with Crippen LogP contribution in [-0.2, 0) is 4.79 Å². The number of carbonyl (C=O) groups is 1. The predicted octanol–water partition coefficient (Wildman–Crippen LogP) is 3.43. The number of alkyl halides is 2. The molecule has 1 amide bonds. The minimum Gasteiger partial charge on any atom is -0.481 e. The quantitative estimate of drug-likeness (QED) is 0.782. The van der Waals surface area contributed by atoms with Crippen molar-refractivity contribution in [3.8, 4) is 5.75 Å². The lowest BCUT2D eigenvalue weighted by Crippen LogP contribution is -2.47. The van der Waals surface area contributed by atoms with E-state index in [1.54, 1.807) is 32.0 Å². The van der Waals surface area contributed by atoms with Crippen molar-refractivity contribution in [1.82, 2.24) is 4.90 Å². The number of rotatable bonds is 3. The highest BCUT2D eigenvalue weighted by atomic mass is 19.3. The Morgan fingerprint density at radius 2 is 1.88 bits per heavy atom. The molecule has 0 saturated carbocycles. The van der Waals surface area contributed by atoms with Crippen LogP contribution in [0.2, 0.25) is 0 Å². The average Bonchev–Trinajstić information content (AvgIpc) is 2.59. The summed E-state index contributed by atoms with van der Waals surface area (Å²) < 4.78 is 37.4. The number of carbonyl (C=O) groups excluding carboxylic acids is 1. The molecule has 1 atom stereocenters. The molecule has 5 nitrogen and oxygen atoms in total. The molecule has 0 spiro atoms. The molecule has 1 unspecified atom stereocenters. The second kappa shape index (κ2) is 6.70. The SMILES string of the molecule is Cc1c(C)c2ccc(OC(C)C(=O)N3CCC(F)(F)CC3)cc2oc1=O. The van der Waals surface area contributed by atoms with Crippen molar-refractivity contribution in [2.75, 3.05) is 13.1 Å². The van der Waals surface area contributed by atoms with E-state index in [0.717, 1.165) is 10.9 Å². The minimum absolute atomic E-state index is 0.0185. The number of nitrogens with zero attached hydrogens (tertiary/aromatic N) is 1. The van der Waals surface area contributed by atoms with Crippen LogP contribution in [0.5, 0.6) is 5.75 Å². The van der Waals surface area contributed by atoms with Crippen molar-refractivity contribution in [1.29, 1.82) is 0 Å². The van der Waals surface area contributed by atoms with Gasteiger partial charge < -0.3 is 14.1 Å². The van der Waals surface area contributed by atoms with E-state index in [1.165, 1.54) is 4.90 Å². The third-order valence-electron chi connectivity index (χ3n) is 4.90. The number of hydrogen-bond acceptors (Lipinski definition) is 4. The normalized spacial score (nSPS) is 18.0. The number of fused-ring (bicyclic) bond motifs is 1. The molecule has 1 aromatic heterocycles. The minimum atomic E-state index is -2.70. The van der Waals surface area contributed by atoms with E-state index in [1.807, 2.05) is 6.92 Å². The van der Waals surface area contributed by atoms with Gasteiger partial charge in [0.25, 0.3) is 11.8 Å². The van der Waals surface area contributed by atoms with E-state index in [9.17, 15) is 18.4 Å². The van der Waals surface area contributed by atoms with E-state index in [0.29, 0.717) is 16.9 Å². The summed E-state index contributed by atoms with van der Waals surface area (Å²) in [6, 6.07) is 5.04. The molecule has 0 radical (unpaired) electrons. The van der Waals surface area contributed by atoms with Crippen LogP contribution in [0.1, 0.15) is 30.9 Å². The number of ether oxygens (including phenoxy) is 1. The summed E-state index contributed by atoms with van der Waals surface area (Å²) in [6.45, 7) is 5.16. The highest BCUT2D eigenvalue weighted by Gasteiger charge is 2.36. The summed E-state index contributed by atoms with van der Waals surface area (Å²) in [6.07, 6.45) is -1.48. The fraction of sp³-hybridized carbons (Fsp3) is 0.474. The van der Waals surface area contributed by atoms with Gasteiger partial charge in [0.05, 0.1) is 0 Å². The van der Waals surface area contributed by atoms with Crippen LogP contribution in [0, 0.1) is 13.8 Å². The van der Waals surface area contributed by atoms with Gasteiger partial charge in [0.2, 0.25) is 0 Å². The van der Waals surface area contributed by atoms with Crippen LogP contribution in [0.4, 0.5) is 8.78 Å². The Hall–Kier alpha value is -2.44. The molecule has 0 aliphatic carbocycles. The second-order valence-electron chi connectivity index (χ2n) is 6.74. The number of benzene rings is 1. The first-order valence-corrected chi connectivity index (χ1v) is 8.55. The molecule has 1 fully saturated rings. The van der Waals surface area contributed by atoms with Gasteiger partial charge in [-0.15, -0.1) is 0 Å². The van der Waals surface area contributed by atoms with Crippen LogP contribution in [-0.4, -0.2) is 35.9 Å². The monoisotopic (exact) mass is 365 g/mol. The van der Waals surface area contributed by atoms with Crippen LogP contribution < -0.4 is 10.4 Å².